The van der Waals surface area contributed by atoms with Crippen LogP contribution in [0.1, 0.15) is 31.4 Å². The summed E-state index contributed by atoms with van der Waals surface area (Å²) in [5.41, 5.74) is 0.974. The van der Waals surface area contributed by atoms with Crippen molar-refractivity contribution in [2.24, 2.45) is 0 Å². The Kier molecular flexibility index (Phi) is 5.65. The number of methoxy groups -OCH3 is 1. The molecule has 0 aliphatic carbocycles. The molecule has 7 nitrogen and oxygen atoms in total. The minimum absolute atomic E-state index is 0.00749. The van der Waals surface area contributed by atoms with Gasteiger partial charge in [0, 0.05) is 25.3 Å². The summed E-state index contributed by atoms with van der Waals surface area (Å²) < 4.78 is 12.7. The van der Waals surface area contributed by atoms with E-state index in [2.05, 4.69) is 10.1 Å². The van der Waals surface area contributed by atoms with Gasteiger partial charge in [0.15, 0.2) is 0 Å². The molecule has 25 heavy (non-hydrogen) atoms. The van der Waals surface area contributed by atoms with Gasteiger partial charge < -0.3 is 14.4 Å². The van der Waals surface area contributed by atoms with Gasteiger partial charge in [0.2, 0.25) is 5.91 Å². The summed E-state index contributed by atoms with van der Waals surface area (Å²) in [7, 11) is 1.64. The summed E-state index contributed by atoms with van der Waals surface area (Å²) in [6.07, 6.45) is 5.11. The fraction of sp³-hybridized carbons (Fsp3) is 0.500. The van der Waals surface area contributed by atoms with E-state index in [1.54, 1.807) is 18.1 Å². The second-order valence-electron chi connectivity index (χ2n) is 6.22. The first-order valence-electron chi connectivity index (χ1n) is 8.55. The zero-order valence-corrected chi connectivity index (χ0v) is 14.7. The van der Waals surface area contributed by atoms with Gasteiger partial charge >= 0.3 is 0 Å². The average molecular weight is 344 g/mol. The molecule has 2 aromatic rings. The Morgan fingerprint density at radius 3 is 3.00 bits per heavy atom. The maximum Gasteiger partial charge on any atom is 0.247 e. The molecule has 1 aromatic heterocycles. The van der Waals surface area contributed by atoms with E-state index in [1.165, 1.54) is 6.33 Å². The molecule has 0 bridgehead atoms. The van der Waals surface area contributed by atoms with Crippen molar-refractivity contribution in [3.63, 3.8) is 0 Å². The number of carbonyl (C=O) groups is 1. The van der Waals surface area contributed by atoms with Crippen molar-refractivity contribution in [3.8, 4) is 5.75 Å². The Morgan fingerprint density at radius 2 is 2.32 bits per heavy atom. The smallest absolute Gasteiger partial charge is 0.247 e. The monoisotopic (exact) mass is 344 g/mol. The molecule has 0 N–H and O–H groups in total. The van der Waals surface area contributed by atoms with Crippen LogP contribution in [0, 0.1) is 0 Å². The van der Waals surface area contributed by atoms with E-state index in [9.17, 15) is 4.79 Å². The molecule has 1 aromatic carbocycles. The van der Waals surface area contributed by atoms with E-state index in [0.717, 1.165) is 30.8 Å². The molecular weight excluding hydrogens is 320 g/mol. The number of ether oxygens (including phenoxy) is 2. The van der Waals surface area contributed by atoms with Gasteiger partial charge in [-0.1, -0.05) is 18.2 Å². The second kappa shape index (κ2) is 8.11. The molecule has 134 valence electrons. The van der Waals surface area contributed by atoms with E-state index < -0.39 is 6.04 Å². The molecule has 0 radical (unpaired) electrons. The predicted molar refractivity (Wildman–Crippen MR) is 92.1 cm³/mol. The van der Waals surface area contributed by atoms with Gasteiger partial charge in [-0.15, -0.1) is 0 Å². The van der Waals surface area contributed by atoms with Crippen LogP contribution < -0.4 is 4.74 Å². The molecule has 1 fully saturated rings. The second-order valence-corrected chi connectivity index (χ2v) is 6.22. The van der Waals surface area contributed by atoms with Crippen molar-refractivity contribution in [2.75, 3.05) is 20.3 Å². The molecule has 2 heterocycles. The number of nitrogens with zero attached hydrogens (tertiary/aromatic N) is 4. The fourth-order valence-electron chi connectivity index (χ4n) is 3.10. The number of benzene rings is 1. The first-order chi connectivity index (χ1) is 12.2. The van der Waals surface area contributed by atoms with Crippen LogP contribution in [-0.4, -0.2) is 51.9 Å². The van der Waals surface area contributed by atoms with Gasteiger partial charge in [-0.25, -0.2) is 9.67 Å². The lowest BCUT2D eigenvalue weighted by Crippen LogP contribution is -2.40. The predicted octanol–water partition coefficient (Wildman–Crippen LogP) is 2.06. The molecule has 0 saturated carbocycles. The number of hydrogen-bond donors (Lipinski definition) is 0. The summed E-state index contributed by atoms with van der Waals surface area (Å²) in [5.74, 6) is 0.771. The van der Waals surface area contributed by atoms with Crippen molar-refractivity contribution in [2.45, 2.75) is 38.5 Å². The van der Waals surface area contributed by atoms with Crippen LogP contribution in [0.25, 0.3) is 0 Å². The number of amides is 1. The van der Waals surface area contributed by atoms with Gasteiger partial charge in [0.25, 0.3) is 0 Å². The fourth-order valence-corrected chi connectivity index (χ4v) is 3.10. The molecule has 0 unspecified atom stereocenters. The molecule has 1 aliphatic rings. The number of para-hydroxylation sites is 1. The van der Waals surface area contributed by atoms with E-state index in [4.69, 9.17) is 9.47 Å². The third-order valence-corrected chi connectivity index (χ3v) is 4.50. The summed E-state index contributed by atoms with van der Waals surface area (Å²) in [4.78, 5) is 18.8. The van der Waals surface area contributed by atoms with Crippen molar-refractivity contribution in [1.29, 1.82) is 0 Å². The van der Waals surface area contributed by atoms with Crippen LogP contribution in [0.5, 0.6) is 5.75 Å². The first kappa shape index (κ1) is 17.4. The van der Waals surface area contributed by atoms with E-state index in [0.29, 0.717) is 13.1 Å². The SMILES string of the molecule is COc1ccccc1CN(C[C@H]1CCCO1)C(=O)[C@@H](C)n1cncn1. The highest BCUT2D eigenvalue weighted by Crippen LogP contribution is 2.23. The molecule has 1 aliphatic heterocycles. The number of aromatic nitrogens is 3. The lowest BCUT2D eigenvalue weighted by atomic mass is 10.1. The van der Waals surface area contributed by atoms with Gasteiger partial charge in [-0.3, -0.25) is 4.79 Å². The van der Waals surface area contributed by atoms with E-state index >= 15 is 0 Å². The van der Waals surface area contributed by atoms with Gasteiger partial charge in [-0.2, -0.15) is 5.10 Å². The largest absolute Gasteiger partial charge is 0.496 e. The van der Waals surface area contributed by atoms with Crippen LogP contribution >= 0.6 is 0 Å². The zero-order valence-electron chi connectivity index (χ0n) is 14.7. The Hall–Kier alpha value is -2.41. The van der Waals surface area contributed by atoms with Crippen molar-refractivity contribution in [3.05, 3.63) is 42.5 Å². The topological polar surface area (TPSA) is 69.5 Å². The van der Waals surface area contributed by atoms with Crippen LogP contribution in [0.15, 0.2) is 36.9 Å². The Morgan fingerprint density at radius 1 is 1.48 bits per heavy atom. The van der Waals surface area contributed by atoms with Crippen molar-refractivity contribution < 1.29 is 14.3 Å². The summed E-state index contributed by atoms with van der Waals surface area (Å²) in [6, 6.07) is 7.35. The highest BCUT2D eigenvalue weighted by Gasteiger charge is 2.27. The minimum Gasteiger partial charge on any atom is -0.496 e. The third-order valence-electron chi connectivity index (χ3n) is 4.50. The quantitative estimate of drug-likeness (QED) is 0.769. The Balaban J connectivity index is 1.79. The first-order valence-corrected chi connectivity index (χ1v) is 8.55. The summed E-state index contributed by atoms with van der Waals surface area (Å²) in [5, 5.41) is 4.09. The standard InChI is InChI=1S/C18H24N4O3/c1-14(22-13-19-12-20-22)18(23)21(11-16-7-5-9-25-16)10-15-6-3-4-8-17(15)24-2/h3-4,6,8,12-14,16H,5,7,9-11H2,1-2H3/t14-,16-/m1/s1. The minimum atomic E-state index is -0.418. The van der Waals surface area contributed by atoms with Gasteiger partial charge in [0.05, 0.1) is 13.2 Å². The molecular formula is C18H24N4O3. The highest BCUT2D eigenvalue weighted by atomic mass is 16.5. The van der Waals surface area contributed by atoms with Crippen LogP contribution in [0.4, 0.5) is 0 Å². The molecule has 0 spiro atoms. The van der Waals surface area contributed by atoms with Crippen LogP contribution in [0.3, 0.4) is 0 Å². The average Bonchev–Trinajstić information content (AvgIpc) is 3.34. The number of carbonyl (C=O) groups excluding carboxylic acids is 1. The highest BCUT2D eigenvalue weighted by molar-refractivity contribution is 5.80. The molecule has 7 heteroatoms. The number of rotatable bonds is 7. The number of hydrogen-bond acceptors (Lipinski definition) is 5. The molecule has 1 saturated heterocycles. The molecule has 1 amide bonds. The van der Waals surface area contributed by atoms with Crippen molar-refractivity contribution in [1.82, 2.24) is 19.7 Å². The summed E-state index contributed by atoms with van der Waals surface area (Å²) >= 11 is 0. The molecule has 3 rings (SSSR count). The lowest BCUT2D eigenvalue weighted by molar-refractivity contribution is -0.136. The van der Waals surface area contributed by atoms with Gasteiger partial charge in [0.1, 0.15) is 24.4 Å². The summed E-state index contributed by atoms with van der Waals surface area (Å²) in [6.45, 7) is 3.64. The van der Waals surface area contributed by atoms with Gasteiger partial charge in [-0.05, 0) is 25.8 Å². The Labute approximate surface area is 147 Å². The van der Waals surface area contributed by atoms with Crippen molar-refractivity contribution >= 4 is 5.91 Å². The third kappa shape index (κ3) is 4.17. The van der Waals surface area contributed by atoms with E-state index in [1.807, 2.05) is 36.1 Å². The zero-order chi connectivity index (χ0) is 17.6. The lowest BCUT2D eigenvalue weighted by Gasteiger charge is -2.28. The van der Waals surface area contributed by atoms with E-state index in [-0.39, 0.29) is 12.0 Å². The maximum absolute atomic E-state index is 13.1. The van der Waals surface area contributed by atoms with Crippen LogP contribution in [0.2, 0.25) is 0 Å². The Bertz CT molecular complexity index is 683. The normalized spacial score (nSPS) is 18.1. The maximum atomic E-state index is 13.1. The van der Waals surface area contributed by atoms with Crippen LogP contribution in [-0.2, 0) is 16.1 Å². The molecule has 2 atom stereocenters.